The van der Waals surface area contributed by atoms with Gasteiger partial charge in [0.1, 0.15) is 12.4 Å². The van der Waals surface area contributed by atoms with E-state index in [1.54, 1.807) is 35.5 Å². The van der Waals surface area contributed by atoms with Gasteiger partial charge in [-0.3, -0.25) is 4.79 Å². The molecule has 0 spiro atoms. The Morgan fingerprint density at radius 2 is 1.79 bits per heavy atom. The van der Waals surface area contributed by atoms with Gasteiger partial charge < -0.3 is 19.9 Å². The Morgan fingerprint density at radius 1 is 1.03 bits per heavy atom. The zero-order chi connectivity index (χ0) is 24.5. The molecule has 8 heteroatoms. The van der Waals surface area contributed by atoms with Crippen molar-refractivity contribution in [1.29, 1.82) is 0 Å². The summed E-state index contributed by atoms with van der Waals surface area (Å²) in [6, 6.07) is 15.2. The third-order valence-electron chi connectivity index (χ3n) is 5.39. The molecular formula is C26H30FN3O3S. The van der Waals surface area contributed by atoms with Gasteiger partial charge in [0.25, 0.3) is 0 Å². The van der Waals surface area contributed by atoms with E-state index in [4.69, 9.17) is 4.74 Å². The van der Waals surface area contributed by atoms with Gasteiger partial charge in [-0.15, -0.1) is 11.3 Å². The van der Waals surface area contributed by atoms with Crippen LogP contribution in [-0.2, 0) is 22.6 Å². The number of rotatable bonds is 10. The van der Waals surface area contributed by atoms with E-state index >= 15 is 0 Å². The molecule has 0 bridgehead atoms. The Hall–Kier alpha value is -3.23. The average Bonchev–Trinajstić information content (AvgIpc) is 3.21. The van der Waals surface area contributed by atoms with E-state index in [1.165, 1.54) is 17.0 Å². The van der Waals surface area contributed by atoms with Gasteiger partial charge in [-0.1, -0.05) is 24.3 Å². The van der Waals surface area contributed by atoms with Gasteiger partial charge in [0.15, 0.2) is 0 Å². The summed E-state index contributed by atoms with van der Waals surface area (Å²) in [7, 11) is 1.55. The summed E-state index contributed by atoms with van der Waals surface area (Å²) in [5.41, 5.74) is 3.61. The molecule has 0 aliphatic rings. The van der Waals surface area contributed by atoms with Crippen LogP contribution in [0.5, 0.6) is 0 Å². The average molecular weight is 484 g/mol. The molecule has 0 saturated carbocycles. The van der Waals surface area contributed by atoms with E-state index in [9.17, 15) is 14.0 Å². The normalized spacial score (nSPS) is 10.7. The van der Waals surface area contributed by atoms with Crippen molar-refractivity contribution >= 4 is 29.0 Å². The molecule has 3 rings (SSSR count). The lowest BCUT2D eigenvalue weighted by molar-refractivity contribution is -0.133. The van der Waals surface area contributed by atoms with E-state index in [0.717, 1.165) is 21.6 Å². The second-order valence-electron chi connectivity index (χ2n) is 8.12. The molecule has 2 aromatic carbocycles. The first-order valence-electron chi connectivity index (χ1n) is 11.0. The van der Waals surface area contributed by atoms with Crippen molar-refractivity contribution in [2.24, 2.45) is 0 Å². The second-order valence-corrected chi connectivity index (χ2v) is 9.12. The monoisotopic (exact) mass is 483 g/mol. The van der Waals surface area contributed by atoms with Crippen LogP contribution in [-0.4, -0.2) is 48.5 Å². The molecule has 0 atom stereocenters. The molecule has 0 aliphatic carbocycles. The second kappa shape index (κ2) is 12.3. The minimum Gasteiger partial charge on any atom is -0.383 e. The SMILES string of the molecule is COCCN(CC(=O)N(Cc1ccc(F)cc1)Cc1sccc1C)C(=O)Nc1cccc(C)c1. The summed E-state index contributed by atoms with van der Waals surface area (Å²) < 4.78 is 18.5. The number of nitrogens with one attached hydrogen (secondary N) is 1. The molecule has 6 nitrogen and oxygen atoms in total. The highest BCUT2D eigenvalue weighted by molar-refractivity contribution is 7.10. The Balaban J connectivity index is 1.77. The largest absolute Gasteiger partial charge is 0.383 e. The minimum atomic E-state index is -0.370. The number of benzene rings is 2. The van der Waals surface area contributed by atoms with Gasteiger partial charge in [0.2, 0.25) is 5.91 Å². The number of methoxy groups -OCH3 is 1. The maximum Gasteiger partial charge on any atom is 0.322 e. The number of halogens is 1. The fourth-order valence-electron chi connectivity index (χ4n) is 3.42. The van der Waals surface area contributed by atoms with Crippen LogP contribution in [0.1, 0.15) is 21.6 Å². The number of urea groups is 1. The van der Waals surface area contributed by atoms with Crippen LogP contribution in [0.2, 0.25) is 0 Å². The maximum atomic E-state index is 13.4. The Bertz CT molecular complexity index is 1100. The Morgan fingerprint density at radius 3 is 2.44 bits per heavy atom. The number of ether oxygens (including phenoxy) is 1. The number of amides is 3. The standard InChI is InChI=1S/C26H30FN3O3S/c1-19-5-4-6-23(15-19)28-26(32)29(12-13-33-3)18-25(31)30(17-24-20(2)11-14-34-24)16-21-7-9-22(27)10-8-21/h4-11,14-15H,12-13,16-18H2,1-3H3,(H,28,32). The van der Waals surface area contributed by atoms with Gasteiger partial charge in [-0.05, 0) is 66.2 Å². The highest BCUT2D eigenvalue weighted by Gasteiger charge is 2.23. The van der Waals surface area contributed by atoms with Crippen LogP contribution in [0.15, 0.2) is 60.0 Å². The van der Waals surface area contributed by atoms with Crippen molar-refractivity contribution < 1.29 is 18.7 Å². The summed E-state index contributed by atoms with van der Waals surface area (Å²) >= 11 is 1.58. The number of hydrogen-bond donors (Lipinski definition) is 1. The highest BCUT2D eigenvalue weighted by Crippen LogP contribution is 2.20. The molecule has 3 aromatic rings. The van der Waals surface area contributed by atoms with Crippen molar-refractivity contribution in [1.82, 2.24) is 9.80 Å². The number of thiophene rings is 1. The minimum absolute atomic E-state index is 0.105. The first-order valence-corrected chi connectivity index (χ1v) is 11.9. The van der Waals surface area contributed by atoms with E-state index in [2.05, 4.69) is 5.32 Å². The number of nitrogens with zero attached hydrogens (tertiary/aromatic N) is 2. The zero-order valence-corrected chi connectivity index (χ0v) is 20.5. The predicted octanol–water partition coefficient (Wildman–Crippen LogP) is 5.21. The Labute approximate surface area is 204 Å². The molecule has 1 aromatic heterocycles. The summed E-state index contributed by atoms with van der Waals surface area (Å²) in [6.07, 6.45) is 0. The van der Waals surface area contributed by atoms with Crippen LogP contribution in [0, 0.1) is 19.7 Å². The molecule has 0 saturated heterocycles. The van der Waals surface area contributed by atoms with Crippen molar-refractivity contribution in [3.05, 3.63) is 87.4 Å². The van der Waals surface area contributed by atoms with Gasteiger partial charge in [0.05, 0.1) is 13.2 Å². The van der Waals surface area contributed by atoms with E-state index in [0.29, 0.717) is 25.4 Å². The first kappa shape index (κ1) is 25.4. The zero-order valence-electron chi connectivity index (χ0n) is 19.7. The van der Waals surface area contributed by atoms with Crippen molar-refractivity contribution in [3.8, 4) is 0 Å². The maximum absolute atomic E-state index is 13.4. The number of anilines is 1. The van der Waals surface area contributed by atoms with Crippen molar-refractivity contribution in [2.45, 2.75) is 26.9 Å². The highest BCUT2D eigenvalue weighted by atomic mass is 32.1. The fraction of sp³-hybridized carbons (Fsp3) is 0.308. The number of carbonyl (C=O) groups excluding carboxylic acids is 2. The third kappa shape index (κ3) is 7.40. The molecule has 0 unspecified atom stereocenters. The summed E-state index contributed by atoms with van der Waals surface area (Å²) in [5, 5.41) is 4.86. The summed E-state index contributed by atoms with van der Waals surface area (Å²) in [4.78, 5) is 30.7. The van der Waals surface area contributed by atoms with Crippen LogP contribution in [0.3, 0.4) is 0 Å². The van der Waals surface area contributed by atoms with Crippen molar-refractivity contribution in [2.75, 3.05) is 32.1 Å². The molecule has 0 fully saturated rings. The van der Waals surface area contributed by atoms with Gasteiger partial charge in [-0.25, -0.2) is 9.18 Å². The fourth-order valence-corrected chi connectivity index (χ4v) is 4.35. The molecular weight excluding hydrogens is 453 g/mol. The lowest BCUT2D eigenvalue weighted by Gasteiger charge is -2.28. The van der Waals surface area contributed by atoms with E-state index in [1.807, 2.05) is 49.6 Å². The van der Waals surface area contributed by atoms with E-state index in [-0.39, 0.29) is 30.8 Å². The smallest absolute Gasteiger partial charge is 0.322 e. The molecule has 1 heterocycles. The predicted molar refractivity (Wildman–Crippen MR) is 133 cm³/mol. The van der Waals surface area contributed by atoms with Gasteiger partial charge >= 0.3 is 6.03 Å². The Kier molecular flexibility index (Phi) is 9.18. The molecule has 180 valence electrons. The van der Waals surface area contributed by atoms with Crippen LogP contribution in [0.25, 0.3) is 0 Å². The lowest BCUT2D eigenvalue weighted by atomic mass is 10.2. The van der Waals surface area contributed by atoms with Crippen LogP contribution in [0.4, 0.5) is 14.9 Å². The van der Waals surface area contributed by atoms with Crippen molar-refractivity contribution in [3.63, 3.8) is 0 Å². The molecule has 0 aliphatic heterocycles. The topological polar surface area (TPSA) is 61.9 Å². The summed E-state index contributed by atoms with van der Waals surface area (Å²) in [5.74, 6) is -0.526. The number of hydrogen-bond acceptors (Lipinski definition) is 4. The quantitative estimate of drug-likeness (QED) is 0.430. The van der Waals surface area contributed by atoms with E-state index < -0.39 is 0 Å². The van der Waals surface area contributed by atoms with Gasteiger partial charge in [-0.2, -0.15) is 0 Å². The number of aryl methyl sites for hydroxylation is 2. The molecule has 3 amide bonds. The van der Waals surface area contributed by atoms with Gasteiger partial charge in [0, 0.05) is 30.8 Å². The van der Waals surface area contributed by atoms with Crippen LogP contribution >= 0.6 is 11.3 Å². The molecule has 1 N–H and O–H groups in total. The molecule has 0 radical (unpaired) electrons. The first-order chi connectivity index (χ1) is 16.4. The lowest BCUT2D eigenvalue weighted by Crippen LogP contribution is -2.45. The summed E-state index contributed by atoms with van der Waals surface area (Å²) in [6.45, 7) is 5.14. The molecule has 34 heavy (non-hydrogen) atoms. The number of carbonyl (C=O) groups is 2. The van der Waals surface area contributed by atoms with Crippen LogP contribution < -0.4 is 5.32 Å². The third-order valence-corrected chi connectivity index (χ3v) is 6.40.